The molecular weight excluding hydrogens is 368 g/mol. The summed E-state index contributed by atoms with van der Waals surface area (Å²) in [5.41, 5.74) is 0.182. The molecule has 0 radical (unpaired) electrons. The predicted molar refractivity (Wildman–Crippen MR) is 94.5 cm³/mol. The second-order valence-corrected chi connectivity index (χ2v) is 7.74. The zero-order valence-corrected chi connectivity index (χ0v) is 15.4. The summed E-state index contributed by atoms with van der Waals surface area (Å²) in [7, 11) is -1.37. The molecule has 0 N–H and O–H groups in total. The number of rotatable bonds is 6. The minimum Gasteiger partial charge on any atom is -0.497 e. The maximum absolute atomic E-state index is 12.9. The molecule has 0 fully saturated rings. The van der Waals surface area contributed by atoms with Crippen LogP contribution < -0.4 is 4.74 Å². The van der Waals surface area contributed by atoms with Gasteiger partial charge in [-0.3, -0.25) is 10.1 Å². The van der Waals surface area contributed by atoms with E-state index < -0.39 is 26.7 Å². The van der Waals surface area contributed by atoms with Crippen molar-refractivity contribution in [1.29, 1.82) is 0 Å². The van der Waals surface area contributed by atoms with Crippen molar-refractivity contribution in [3.8, 4) is 5.75 Å². The molecule has 7 nitrogen and oxygen atoms in total. The summed E-state index contributed by atoms with van der Waals surface area (Å²) in [4.78, 5) is 10.2. The SMILES string of the molecule is COc1ccc(S(=O)(=O)N(C)[C@@H](C)c2ccc(Cl)cc2)c([N+](=O)[O-])c1. The highest BCUT2D eigenvalue weighted by Crippen LogP contribution is 2.33. The molecule has 0 aromatic heterocycles. The van der Waals surface area contributed by atoms with Gasteiger partial charge in [0, 0.05) is 18.1 Å². The van der Waals surface area contributed by atoms with Gasteiger partial charge in [-0.2, -0.15) is 4.31 Å². The highest BCUT2D eigenvalue weighted by Gasteiger charge is 2.33. The van der Waals surface area contributed by atoms with Crippen molar-refractivity contribution in [2.45, 2.75) is 17.9 Å². The molecule has 0 aliphatic rings. The Hall–Kier alpha value is -2.16. The number of hydrogen-bond donors (Lipinski definition) is 0. The number of nitrogens with zero attached hydrogens (tertiary/aromatic N) is 2. The zero-order valence-electron chi connectivity index (χ0n) is 13.8. The van der Waals surface area contributed by atoms with Crippen LogP contribution in [0.15, 0.2) is 47.4 Å². The maximum atomic E-state index is 12.9. The number of hydrogen-bond acceptors (Lipinski definition) is 5. The van der Waals surface area contributed by atoms with E-state index in [0.717, 1.165) is 10.4 Å². The van der Waals surface area contributed by atoms with E-state index >= 15 is 0 Å². The Morgan fingerprint density at radius 2 is 1.80 bits per heavy atom. The highest BCUT2D eigenvalue weighted by atomic mass is 35.5. The van der Waals surface area contributed by atoms with Crippen LogP contribution in [0.3, 0.4) is 0 Å². The summed E-state index contributed by atoms with van der Waals surface area (Å²) in [6, 6.07) is 9.84. The molecule has 25 heavy (non-hydrogen) atoms. The first-order chi connectivity index (χ1) is 11.7. The minimum atomic E-state index is -4.09. The number of halogens is 1. The number of benzene rings is 2. The van der Waals surface area contributed by atoms with Crippen LogP contribution >= 0.6 is 11.6 Å². The third-order valence-corrected chi connectivity index (χ3v) is 6.15. The van der Waals surface area contributed by atoms with Crippen LogP contribution in [0.5, 0.6) is 5.75 Å². The molecule has 0 saturated carbocycles. The van der Waals surface area contributed by atoms with Crippen molar-refractivity contribution in [3.05, 3.63) is 63.2 Å². The Bertz CT molecular complexity index is 884. The molecular formula is C16H17ClN2O5S. The summed E-state index contributed by atoms with van der Waals surface area (Å²) in [5, 5.41) is 11.8. The molecule has 0 aliphatic carbocycles. The van der Waals surface area contributed by atoms with Crippen molar-refractivity contribution in [1.82, 2.24) is 4.31 Å². The fraction of sp³-hybridized carbons (Fsp3) is 0.250. The first kappa shape index (κ1) is 19.2. The molecule has 0 aliphatic heterocycles. The van der Waals surface area contributed by atoms with Gasteiger partial charge in [-0.05, 0) is 36.8 Å². The molecule has 0 saturated heterocycles. The first-order valence-corrected chi connectivity index (χ1v) is 9.06. The smallest absolute Gasteiger partial charge is 0.293 e. The van der Waals surface area contributed by atoms with Crippen LogP contribution in [-0.4, -0.2) is 31.8 Å². The first-order valence-electron chi connectivity index (χ1n) is 7.24. The lowest BCUT2D eigenvalue weighted by Crippen LogP contribution is -2.30. The normalized spacial score (nSPS) is 12.8. The third-order valence-electron chi connectivity index (χ3n) is 3.92. The van der Waals surface area contributed by atoms with Crippen molar-refractivity contribution < 1.29 is 18.1 Å². The Kier molecular flexibility index (Phi) is 5.66. The van der Waals surface area contributed by atoms with Gasteiger partial charge in [-0.15, -0.1) is 0 Å². The van der Waals surface area contributed by atoms with E-state index in [1.54, 1.807) is 31.2 Å². The fourth-order valence-corrected chi connectivity index (χ4v) is 3.91. The summed E-state index contributed by atoms with van der Waals surface area (Å²) in [6.07, 6.45) is 0. The molecule has 0 unspecified atom stereocenters. The second kappa shape index (κ2) is 7.38. The van der Waals surface area contributed by atoms with Gasteiger partial charge in [-0.1, -0.05) is 23.7 Å². The lowest BCUT2D eigenvalue weighted by Gasteiger charge is -2.24. The standard InChI is InChI=1S/C16H17ClN2O5S/c1-11(12-4-6-13(17)7-5-12)18(2)25(22,23)16-9-8-14(24-3)10-15(16)19(20)21/h4-11H,1-3H3/t11-/m0/s1. The lowest BCUT2D eigenvalue weighted by molar-refractivity contribution is -0.387. The van der Waals surface area contributed by atoms with Gasteiger partial charge < -0.3 is 4.74 Å². The van der Waals surface area contributed by atoms with Crippen LogP contribution in [0.2, 0.25) is 5.02 Å². The number of ether oxygens (including phenoxy) is 1. The van der Waals surface area contributed by atoms with Gasteiger partial charge in [0.15, 0.2) is 4.90 Å². The van der Waals surface area contributed by atoms with E-state index in [1.807, 2.05) is 0 Å². The van der Waals surface area contributed by atoms with Gasteiger partial charge in [0.2, 0.25) is 10.0 Å². The lowest BCUT2D eigenvalue weighted by atomic mass is 10.1. The van der Waals surface area contributed by atoms with E-state index in [9.17, 15) is 18.5 Å². The Morgan fingerprint density at radius 1 is 1.20 bits per heavy atom. The second-order valence-electron chi connectivity index (χ2n) is 5.34. The van der Waals surface area contributed by atoms with E-state index in [4.69, 9.17) is 16.3 Å². The van der Waals surface area contributed by atoms with Gasteiger partial charge in [0.05, 0.1) is 18.1 Å². The quantitative estimate of drug-likeness (QED) is 0.560. The fourth-order valence-electron chi connectivity index (χ4n) is 2.30. The summed E-state index contributed by atoms with van der Waals surface area (Å²) in [6.45, 7) is 1.69. The molecule has 2 aromatic carbocycles. The molecule has 1 atom stereocenters. The molecule has 0 bridgehead atoms. The van der Waals surface area contributed by atoms with Crippen LogP contribution in [-0.2, 0) is 10.0 Å². The number of sulfonamides is 1. The predicted octanol–water partition coefficient (Wildman–Crippen LogP) is 3.64. The van der Waals surface area contributed by atoms with E-state index in [1.165, 1.54) is 26.3 Å². The van der Waals surface area contributed by atoms with Crippen LogP contribution in [0, 0.1) is 10.1 Å². The minimum absolute atomic E-state index is 0.207. The molecule has 134 valence electrons. The molecule has 0 heterocycles. The monoisotopic (exact) mass is 384 g/mol. The van der Waals surface area contributed by atoms with Gasteiger partial charge in [0.1, 0.15) is 5.75 Å². The molecule has 2 aromatic rings. The topological polar surface area (TPSA) is 89.8 Å². The molecule has 0 spiro atoms. The summed E-state index contributed by atoms with van der Waals surface area (Å²) >= 11 is 5.85. The van der Waals surface area contributed by atoms with Crippen LogP contribution in [0.25, 0.3) is 0 Å². The van der Waals surface area contributed by atoms with Crippen molar-refractivity contribution in [2.75, 3.05) is 14.2 Å². The maximum Gasteiger partial charge on any atom is 0.293 e. The van der Waals surface area contributed by atoms with Gasteiger partial charge in [-0.25, -0.2) is 8.42 Å². The average molecular weight is 385 g/mol. The third kappa shape index (κ3) is 3.92. The number of nitro benzene ring substituents is 1. The van der Waals surface area contributed by atoms with E-state index in [2.05, 4.69) is 0 Å². The van der Waals surface area contributed by atoms with Crippen molar-refractivity contribution >= 4 is 27.3 Å². The number of methoxy groups -OCH3 is 1. The van der Waals surface area contributed by atoms with Crippen molar-refractivity contribution in [3.63, 3.8) is 0 Å². The van der Waals surface area contributed by atoms with Crippen molar-refractivity contribution in [2.24, 2.45) is 0 Å². The van der Waals surface area contributed by atoms with E-state index in [-0.39, 0.29) is 10.6 Å². The Labute approximate surface area is 151 Å². The van der Waals surface area contributed by atoms with Gasteiger partial charge >= 0.3 is 0 Å². The molecule has 0 amide bonds. The molecule has 9 heteroatoms. The van der Waals surface area contributed by atoms with Gasteiger partial charge in [0.25, 0.3) is 5.69 Å². The Balaban J connectivity index is 2.47. The largest absolute Gasteiger partial charge is 0.497 e. The van der Waals surface area contributed by atoms with E-state index in [0.29, 0.717) is 10.6 Å². The average Bonchev–Trinajstić information content (AvgIpc) is 2.60. The molecule has 2 rings (SSSR count). The summed E-state index contributed by atoms with van der Waals surface area (Å²) < 4.78 is 31.8. The highest BCUT2D eigenvalue weighted by molar-refractivity contribution is 7.89. The number of nitro groups is 1. The Morgan fingerprint density at radius 3 is 2.32 bits per heavy atom. The van der Waals surface area contributed by atoms with Crippen LogP contribution in [0.4, 0.5) is 5.69 Å². The zero-order chi connectivity index (χ0) is 18.8. The summed E-state index contributed by atoms with van der Waals surface area (Å²) in [5.74, 6) is 0.207. The van der Waals surface area contributed by atoms with Crippen LogP contribution in [0.1, 0.15) is 18.5 Å².